The molecular weight excluding hydrogens is 278 g/mol. The predicted octanol–water partition coefficient (Wildman–Crippen LogP) is 3.74. The Morgan fingerprint density at radius 3 is 2.67 bits per heavy atom. The SMILES string of the molecule is Cc1ccc(SCC(C)(C)NCCCn2ccnc2)cc1. The van der Waals surface area contributed by atoms with E-state index in [0.717, 1.165) is 25.3 Å². The van der Waals surface area contributed by atoms with Gasteiger partial charge in [0.25, 0.3) is 0 Å². The van der Waals surface area contributed by atoms with Gasteiger partial charge >= 0.3 is 0 Å². The summed E-state index contributed by atoms with van der Waals surface area (Å²) in [7, 11) is 0. The Hall–Kier alpha value is -1.26. The molecule has 1 heterocycles. The minimum atomic E-state index is 0.143. The second-order valence-electron chi connectivity index (χ2n) is 6.07. The van der Waals surface area contributed by atoms with Gasteiger partial charge in [0.2, 0.25) is 0 Å². The average Bonchev–Trinajstić information content (AvgIpc) is 2.96. The number of hydrogen-bond donors (Lipinski definition) is 1. The lowest BCUT2D eigenvalue weighted by Crippen LogP contribution is -2.42. The fraction of sp³-hybridized carbons (Fsp3) is 0.471. The third kappa shape index (κ3) is 5.94. The van der Waals surface area contributed by atoms with Crippen molar-refractivity contribution in [2.24, 2.45) is 0 Å². The van der Waals surface area contributed by atoms with Gasteiger partial charge in [-0.3, -0.25) is 0 Å². The first kappa shape index (κ1) is 16.1. The number of nitrogens with one attached hydrogen (secondary N) is 1. The lowest BCUT2D eigenvalue weighted by Gasteiger charge is -2.26. The van der Waals surface area contributed by atoms with E-state index in [1.54, 1.807) is 0 Å². The van der Waals surface area contributed by atoms with Crippen LogP contribution in [-0.4, -0.2) is 27.4 Å². The van der Waals surface area contributed by atoms with Gasteiger partial charge in [0, 0.05) is 35.1 Å². The molecule has 2 aromatic rings. The summed E-state index contributed by atoms with van der Waals surface area (Å²) in [5, 5.41) is 3.65. The van der Waals surface area contributed by atoms with Gasteiger partial charge in [-0.15, -0.1) is 11.8 Å². The number of thioether (sulfide) groups is 1. The molecule has 0 bridgehead atoms. The Bertz CT molecular complexity index is 517. The smallest absolute Gasteiger partial charge is 0.0945 e. The molecule has 4 heteroatoms. The van der Waals surface area contributed by atoms with Crippen molar-refractivity contribution in [1.82, 2.24) is 14.9 Å². The zero-order valence-corrected chi connectivity index (χ0v) is 14.0. The molecule has 1 N–H and O–H groups in total. The minimum Gasteiger partial charge on any atom is -0.337 e. The van der Waals surface area contributed by atoms with Gasteiger partial charge in [-0.2, -0.15) is 0 Å². The monoisotopic (exact) mass is 303 g/mol. The van der Waals surface area contributed by atoms with Gasteiger partial charge in [-0.25, -0.2) is 4.98 Å². The number of aryl methyl sites for hydroxylation is 2. The van der Waals surface area contributed by atoms with Crippen molar-refractivity contribution in [2.45, 2.75) is 44.2 Å². The Morgan fingerprint density at radius 2 is 2.00 bits per heavy atom. The minimum absolute atomic E-state index is 0.143. The first-order chi connectivity index (χ1) is 10.1. The van der Waals surface area contributed by atoms with E-state index >= 15 is 0 Å². The highest BCUT2D eigenvalue weighted by molar-refractivity contribution is 7.99. The van der Waals surface area contributed by atoms with E-state index in [1.807, 2.05) is 30.5 Å². The topological polar surface area (TPSA) is 29.9 Å². The van der Waals surface area contributed by atoms with Crippen LogP contribution in [0.1, 0.15) is 25.8 Å². The standard InChI is InChI=1S/C17H25N3S/c1-15-5-7-16(8-6-15)21-13-17(2,3)19-9-4-11-20-12-10-18-14-20/h5-8,10,12,14,19H,4,9,11,13H2,1-3H3. The first-order valence-electron chi connectivity index (χ1n) is 7.45. The Balaban J connectivity index is 1.67. The summed E-state index contributed by atoms with van der Waals surface area (Å²) in [6.45, 7) is 8.71. The molecule has 0 aliphatic rings. The number of nitrogens with zero attached hydrogens (tertiary/aromatic N) is 2. The highest BCUT2D eigenvalue weighted by Crippen LogP contribution is 2.22. The van der Waals surface area contributed by atoms with Crippen molar-refractivity contribution in [2.75, 3.05) is 12.3 Å². The maximum Gasteiger partial charge on any atom is 0.0945 e. The summed E-state index contributed by atoms with van der Waals surface area (Å²) in [6.07, 6.45) is 6.83. The maximum atomic E-state index is 4.06. The van der Waals surface area contributed by atoms with Crippen LogP contribution in [0.15, 0.2) is 47.9 Å². The van der Waals surface area contributed by atoms with Gasteiger partial charge in [-0.05, 0) is 45.9 Å². The number of benzene rings is 1. The van der Waals surface area contributed by atoms with E-state index in [2.05, 4.69) is 59.9 Å². The predicted molar refractivity (Wildman–Crippen MR) is 90.8 cm³/mol. The average molecular weight is 303 g/mol. The Morgan fingerprint density at radius 1 is 1.24 bits per heavy atom. The Labute approximate surface area is 132 Å². The summed E-state index contributed by atoms with van der Waals surface area (Å²) in [5.74, 6) is 1.07. The first-order valence-corrected chi connectivity index (χ1v) is 8.44. The van der Waals surface area contributed by atoms with Gasteiger partial charge in [0.15, 0.2) is 0 Å². The molecule has 0 unspecified atom stereocenters. The van der Waals surface area contributed by atoms with Crippen LogP contribution in [0.25, 0.3) is 0 Å². The van der Waals surface area contributed by atoms with Gasteiger partial charge in [0.1, 0.15) is 0 Å². The lowest BCUT2D eigenvalue weighted by atomic mass is 10.1. The quantitative estimate of drug-likeness (QED) is 0.595. The molecule has 0 aliphatic carbocycles. The number of imidazole rings is 1. The number of hydrogen-bond acceptors (Lipinski definition) is 3. The second kappa shape index (κ2) is 7.66. The van der Waals surface area contributed by atoms with E-state index in [4.69, 9.17) is 0 Å². The van der Waals surface area contributed by atoms with E-state index < -0.39 is 0 Å². The molecule has 0 aliphatic heterocycles. The van der Waals surface area contributed by atoms with Gasteiger partial charge in [-0.1, -0.05) is 17.7 Å². The molecule has 1 aromatic carbocycles. The van der Waals surface area contributed by atoms with E-state index in [9.17, 15) is 0 Å². The molecule has 2 rings (SSSR count). The van der Waals surface area contributed by atoms with Crippen LogP contribution in [0.5, 0.6) is 0 Å². The van der Waals surface area contributed by atoms with Crippen molar-refractivity contribution in [3.63, 3.8) is 0 Å². The lowest BCUT2D eigenvalue weighted by molar-refractivity contribution is 0.420. The molecule has 3 nitrogen and oxygen atoms in total. The third-order valence-electron chi connectivity index (χ3n) is 3.38. The molecule has 0 saturated heterocycles. The third-order valence-corrected chi connectivity index (χ3v) is 4.85. The maximum absolute atomic E-state index is 4.06. The molecule has 21 heavy (non-hydrogen) atoms. The van der Waals surface area contributed by atoms with Crippen molar-refractivity contribution >= 4 is 11.8 Å². The molecule has 114 valence electrons. The van der Waals surface area contributed by atoms with Crippen LogP contribution in [0.2, 0.25) is 0 Å². The van der Waals surface area contributed by atoms with Crippen LogP contribution in [0, 0.1) is 6.92 Å². The summed E-state index contributed by atoms with van der Waals surface area (Å²) in [6, 6.07) is 8.76. The molecule has 0 fully saturated rings. The second-order valence-corrected chi connectivity index (χ2v) is 7.12. The van der Waals surface area contributed by atoms with Crippen LogP contribution in [0.4, 0.5) is 0 Å². The fourth-order valence-corrected chi connectivity index (χ4v) is 3.01. The van der Waals surface area contributed by atoms with Gasteiger partial charge < -0.3 is 9.88 Å². The number of rotatable bonds is 8. The zero-order chi connectivity index (χ0) is 15.1. The highest BCUT2D eigenvalue weighted by Gasteiger charge is 2.16. The normalized spacial score (nSPS) is 11.8. The van der Waals surface area contributed by atoms with E-state index in [0.29, 0.717) is 0 Å². The van der Waals surface area contributed by atoms with Crippen molar-refractivity contribution in [3.8, 4) is 0 Å². The molecule has 0 saturated carbocycles. The van der Waals surface area contributed by atoms with Crippen molar-refractivity contribution < 1.29 is 0 Å². The van der Waals surface area contributed by atoms with Crippen molar-refractivity contribution in [3.05, 3.63) is 48.5 Å². The molecule has 0 radical (unpaired) electrons. The fourth-order valence-electron chi connectivity index (χ4n) is 2.06. The summed E-state index contributed by atoms with van der Waals surface area (Å²) in [4.78, 5) is 5.40. The molecule has 0 atom stereocenters. The number of aromatic nitrogens is 2. The molecular formula is C17H25N3S. The highest BCUT2D eigenvalue weighted by atomic mass is 32.2. The summed E-state index contributed by atoms with van der Waals surface area (Å²) in [5.41, 5.74) is 1.46. The van der Waals surface area contributed by atoms with Crippen molar-refractivity contribution in [1.29, 1.82) is 0 Å². The largest absolute Gasteiger partial charge is 0.337 e. The zero-order valence-electron chi connectivity index (χ0n) is 13.2. The van der Waals surface area contributed by atoms with E-state index in [1.165, 1.54) is 10.5 Å². The van der Waals surface area contributed by atoms with Gasteiger partial charge in [0.05, 0.1) is 6.33 Å². The summed E-state index contributed by atoms with van der Waals surface area (Å²) >= 11 is 1.91. The van der Waals surface area contributed by atoms with E-state index in [-0.39, 0.29) is 5.54 Å². The van der Waals surface area contributed by atoms with Crippen LogP contribution in [0.3, 0.4) is 0 Å². The molecule has 0 spiro atoms. The summed E-state index contributed by atoms with van der Waals surface area (Å²) < 4.78 is 2.12. The van der Waals surface area contributed by atoms with Crippen LogP contribution >= 0.6 is 11.8 Å². The van der Waals surface area contributed by atoms with Crippen LogP contribution in [-0.2, 0) is 6.54 Å². The van der Waals surface area contributed by atoms with Crippen LogP contribution < -0.4 is 5.32 Å². The Kier molecular flexibility index (Phi) is 5.88. The molecule has 1 aromatic heterocycles. The molecule has 0 amide bonds.